The van der Waals surface area contributed by atoms with Crippen LogP contribution >= 0.6 is 0 Å². The van der Waals surface area contributed by atoms with E-state index in [-0.39, 0.29) is 28.8 Å². The van der Waals surface area contributed by atoms with Crippen LogP contribution in [0.3, 0.4) is 0 Å². The van der Waals surface area contributed by atoms with Gasteiger partial charge in [-0.05, 0) is 59.9 Å². The molecule has 0 aliphatic carbocycles. The van der Waals surface area contributed by atoms with Gasteiger partial charge in [-0.25, -0.2) is 13.1 Å². The van der Waals surface area contributed by atoms with E-state index in [1.807, 2.05) is 37.3 Å². The van der Waals surface area contributed by atoms with Crippen LogP contribution in [0.5, 0.6) is 0 Å². The van der Waals surface area contributed by atoms with Gasteiger partial charge in [0.2, 0.25) is 10.0 Å². The third-order valence-corrected chi connectivity index (χ3v) is 6.61. The molecular weight excluding hydrogens is 422 g/mol. The minimum absolute atomic E-state index is 0.0425. The molecule has 0 radical (unpaired) electrons. The molecule has 1 amide bonds. The summed E-state index contributed by atoms with van der Waals surface area (Å²) in [5.41, 5.74) is 3.07. The summed E-state index contributed by atoms with van der Waals surface area (Å²) in [5, 5.41) is 2.91. The van der Waals surface area contributed by atoms with Crippen molar-refractivity contribution in [2.24, 2.45) is 0 Å². The predicted molar refractivity (Wildman–Crippen MR) is 126 cm³/mol. The number of pyridine rings is 1. The van der Waals surface area contributed by atoms with Gasteiger partial charge in [0.25, 0.3) is 5.91 Å². The van der Waals surface area contributed by atoms with Gasteiger partial charge in [0.05, 0.1) is 16.6 Å². The average Bonchev–Trinajstić information content (AvgIpc) is 2.78. The number of sulfonamides is 1. The molecule has 1 atom stereocenters. The van der Waals surface area contributed by atoms with Crippen LogP contribution in [0.2, 0.25) is 0 Å². The maximum Gasteiger partial charge on any atom is 0.251 e. The Bertz CT molecular complexity index is 1150. The normalized spacial score (nSPS) is 12.9. The summed E-state index contributed by atoms with van der Waals surface area (Å²) in [6.07, 6.45) is 1.69. The first-order valence-corrected chi connectivity index (χ1v) is 12.0. The lowest BCUT2D eigenvalue weighted by Gasteiger charge is -2.19. The summed E-state index contributed by atoms with van der Waals surface area (Å²) in [6.45, 7) is 8.25. The molecule has 0 saturated heterocycles. The van der Waals surface area contributed by atoms with Crippen LogP contribution < -0.4 is 10.0 Å². The van der Waals surface area contributed by atoms with Gasteiger partial charge in [-0.3, -0.25) is 9.78 Å². The maximum atomic E-state index is 12.6. The fourth-order valence-electron chi connectivity index (χ4n) is 3.16. The van der Waals surface area contributed by atoms with E-state index in [1.54, 1.807) is 42.6 Å². The van der Waals surface area contributed by atoms with Crippen molar-refractivity contribution in [1.82, 2.24) is 15.0 Å². The van der Waals surface area contributed by atoms with E-state index >= 15 is 0 Å². The molecule has 2 N–H and O–H groups in total. The number of nitrogens with one attached hydrogen (secondary N) is 2. The monoisotopic (exact) mass is 451 g/mol. The number of hydrogen-bond acceptors (Lipinski definition) is 4. The number of rotatable bonds is 7. The van der Waals surface area contributed by atoms with Gasteiger partial charge < -0.3 is 5.32 Å². The van der Waals surface area contributed by atoms with Crippen LogP contribution in [0.25, 0.3) is 0 Å². The molecule has 1 heterocycles. The largest absolute Gasteiger partial charge is 0.344 e. The number of hydrogen-bond donors (Lipinski definition) is 2. The summed E-state index contributed by atoms with van der Waals surface area (Å²) >= 11 is 0. The molecule has 2 aromatic carbocycles. The molecule has 6 nitrogen and oxygen atoms in total. The molecule has 7 heteroatoms. The van der Waals surface area contributed by atoms with Crippen molar-refractivity contribution in [2.45, 2.75) is 50.6 Å². The molecule has 3 rings (SSSR count). The highest BCUT2D eigenvalue weighted by Gasteiger charge is 2.18. The Morgan fingerprint density at radius 1 is 0.969 bits per heavy atom. The first-order chi connectivity index (χ1) is 15.1. The Labute approximate surface area is 190 Å². The molecular formula is C25H29N3O3S. The van der Waals surface area contributed by atoms with Crippen molar-refractivity contribution in [2.75, 3.05) is 0 Å². The number of carbonyl (C=O) groups excluding carboxylic acids is 1. The van der Waals surface area contributed by atoms with Crippen LogP contribution in [-0.2, 0) is 22.0 Å². The van der Waals surface area contributed by atoms with Gasteiger partial charge in [-0.2, -0.15) is 0 Å². The third-order valence-electron chi connectivity index (χ3n) is 5.19. The zero-order valence-corrected chi connectivity index (χ0v) is 19.6. The third kappa shape index (κ3) is 6.02. The van der Waals surface area contributed by atoms with Crippen molar-refractivity contribution in [3.8, 4) is 0 Å². The topological polar surface area (TPSA) is 88.2 Å². The molecule has 0 aliphatic heterocycles. The second-order valence-corrected chi connectivity index (χ2v) is 10.5. The lowest BCUT2D eigenvalue weighted by Crippen LogP contribution is -2.27. The Hall–Kier alpha value is -3.03. The second kappa shape index (κ2) is 9.63. The number of nitrogens with zero attached hydrogens (tertiary/aromatic N) is 1. The quantitative estimate of drug-likeness (QED) is 0.559. The summed E-state index contributed by atoms with van der Waals surface area (Å²) in [4.78, 5) is 17.0. The van der Waals surface area contributed by atoms with Gasteiger partial charge >= 0.3 is 0 Å². The lowest BCUT2D eigenvalue weighted by atomic mass is 9.87. The number of carbonyl (C=O) groups is 1. The average molecular weight is 452 g/mol. The highest BCUT2D eigenvalue weighted by atomic mass is 32.2. The number of benzene rings is 2. The fourth-order valence-corrected chi connectivity index (χ4v) is 4.17. The minimum atomic E-state index is -3.63. The van der Waals surface area contributed by atoms with E-state index in [4.69, 9.17) is 0 Å². The van der Waals surface area contributed by atoms with Crippen molar-refractivity contribution in [3.05, 3.63) is 95.3 Å². The first kappa shape index (κ1) is 23.6. The van der Waals surface area contributed by atoms with Gasteiger partial charge in [0, 0.05) is 18.3 Å². The van der Waals surface area contributed by atoms with Gasteiger partial charge in [0.15, 0.2) is 0 Å². The van der Waals surface area contributed by atoms with Crippen LogP contribution in [0.4, 0.5) is 0 Å². The predicted octanol–water partition coefficient (Wildman–Crippen LogP) is 4.35. The highest BCUT2D eigenvalue weighted by molar-refractivity contribution is 7.89. The highest BCUT2D eigenvalue weighted by Crippen LogP contribution is 2.23. The van der Waals surface area contributed by atoms with Gasteiger partial charge in [-0.15, -0.1) is 0 Å². The summed E-state index contributed by atoms with van der Waals surface area (Å²) in [6, 6.07) is 19.1. The van der Waals surface area contributed by atoms with E-state index in [9.17, 15) is 13.2 Å². The van der Waals surface area contributed by atoms with Crippen molar-refractivity contribution in [1.29, 1.82) is 0 Å². The Balaban J connectivity index is 1.60. The molecule has 1 aromatic heterocycles. The van der Waals surface area contributed by atoms with E-state index in [0.717, 1.165) is 16.8 Å². The zero-order valence-electron chi connectivity index (χ0n) is 18.8. The van der Waals surface area contributed by atoms with Crippen LogP contribution in [0, 0.1) is 0 Å². The Morgan fingerprint density at radius 2 is 1.62 bits per heavy atom. The lowest BCUT2D eigenvalue weighted by molar-refractivity contribution is 0.0939. The molecule has 3 aromatic rings. The summed E-state index contributed by atoms with van der Waals surface area (Å²) in [5.74, 6) is -0.214. The molecule has 0 bridgehead atoms. The maximum absolute atomic E-state index is 12.6. The number of aromatic nitrogens is 1. The summed E-state index contributed by atoms with van der Waals surface area (Å²) in [7, 11) is -3.63. The summed E-state index contributed by atoms with van der Waals surface area (Å²) < 4.78 is 27.8. The van der Waals surface area contributed by atoms with E-state index < -0.39 is 10.0 Å². The smallest absolute Gasteiger partial charge is 0.251 e. The van der Waals surface area contributed by atoms with E-state index in [1.165, 1.54) is 0 Å². The number of amides is 1. The minimum Gasteiger partial charge on any atom is -0.344 e. The molecule has 1 unspecified atom stereocenters. The molecule has 0 fully saturated rings. The van der Waals surface area contributed by atoms with Crippen LogP contribution in [0.1, 0.15) is 60.9 Å². The fraction of sp³-hybridized carbons (Fsp3) is 0.280. The van der Waals surface area contributed by atoms with E-state index in [0.29, 0.717) is 5.56 Å². The van der Waals surface area contributed by atoms with Crippen molar-refractivity contribution >= 4 is 15.9 Å². The molecule has 0 spiro atoms. The second-order valence-electron chi connectivity index (χ2n) is 8.75. The zero-order chi connectivity index (χ0) is 23.4. The van der Waals surface area contributed by atoms with Crippen molar-refractivity contribution in [3.63, 3.8) is 0 Å². The SMILES string of the molecule is CC(NC(=O)c1ccc(CNS(=O)(=O)c2ccc(C(C)(C)C)cc2)cc1)c1ccccn1. The standard InChI is InChI=1S/C25H29N3O3S/c1-18(23-7-5-6-16-26-23)28-24(29)20-10-8-19(9-11-20)17-27-32(30,31)22-14-12-21(13-15-22)25(2,3)4/h5-16,18,27H,17H2,1-4H3,(H,28,29). The van der Waals surface area contributed by atoms with Gasteiger partial charge in [-0.1, -0.05) is 51.1 Å². The molecule has 0 saturated carbocycles. The Kier molecular flexibility index (Phi) is 7.11. The van der Waals surface area contributed by atoms with E-state index in [2.05, 4.69) is 35.8 Å². The first-order valence-electron chi connectivity index (χ1n) is 10.5. The Morgan fingerprint density at radius 3 is 2.19 bits per heavy atom. The van der Waals surface area contributed by atoms with Crippen LogP contribution in [0.15, 0.2) is 77.8 Å². The molecule has 168 valence electrons. The molecule has 0 aliphatic rings. The van der Waals surface area contributed by atoms with Gasteiger partial charge in [0.1, 0.15) is 0 Å². The van der Waals surface area contributed by atoms with Crippen molar-refractivity contribution < 1.29 is 13.2 Å². The van der Waals surface area contributed by atoms with Crippen LogP contribution in [-0.4, -0.2) is 19.3 Å². The molecule has 32 heavy (non-hydrogen) atoms.